The van der Waals surface area contributed by atoms with Gasteiger partial charge in [-0.1, -0.05) is 6.42 Å². The van der Waals surface area contributed by atoms with E-state index in [1.807, 2.05) is 0 Å². The van der Waals surface area contributed by atoms with Gasteiger partial charge >= 0.3 is 0 Å². The number of aryl methyl sites for hydroxylation is 1. The Bertz CT molecular complexity index is 1050. The van der Waals surface area contributed by atoms with Crippen LogP contribution in [0.15, 0.2) is 28.3 Å². The largest absolute Gasteiger partial charge is 0.365 e. The summed E-state index contributed by atoms with van der Waals surface area (Å²) in [5, 5.41) is 3.20. The lowest BCUT2D eigenvalue weighted by Gasteiger charge is -2.28. The van der Waals surface area contributed by atoms with Gasteiger partial charge in [0, 0.05) is 17.6 Å². The molecular weight excluding hydrogens is 400 g/mol. The van der Waals surface area contributed by atoms with Crippen molar-refractivity contribution in [1.82, 2.24) is 4.90 Å². The average molecular weight is 421 g/mol. The highest BCUT2D eigenvalue weighted by Crippen LogP contribution is 2.37. The first-order valence-electron chi connectivity index (χ1n) is 9.09. The number of allylic oxidation sites excluding steroid dienone is 2. The third kappa shape index (κ3) is 3.49. The van der Waals surface area contributed by atoms with Crippen molar-refractivity contribution in [2.24, 2.45) is 10.1 Å². The van der Waals surface area contributed by atoms with Gasteiger partial charge in [-0.25, -0.2) is 8.42 Å². The third-order valence-electron chi connectivity index (χ3n) is 5.00. The molecule has 2 amide bonds. The van der Waals surface area contributed by atoms with E-state index in [1.54, 1.807) is 17.2 Å². The van der Waals surface area contributed by atoms with Gasteiger partial charge in [0.05, 0.1) is 16.9 Å². The topological polar surface area (TPSA) is 122 Å². The van der Waals surface area contributed by atoms with Crippen LogP contribution >= 0.6 is 11.3 Å². The summed E-state index contributed by atoms with van der Waals surface area (Å²) in [5.41, 5.74) is 7.06. The standard InChI is InChI=1S/C18H20N4O4S2/c19-15(23)14-11-5-2-1-3-7-13(11)27-18(14)20-17(24)12-6-4-8-22-9-10-28(25,26)21-16(12)22/h4,6,8H,1-3,5,7,9-10H2,(H2,19,23)(H,20,24). The number of nitrogens with zero attached hydrogens (tertiary/aromatic N) is 2. The fourth-order valence-corrected chi connectivity index (χ4v) is 5.93. The molecular formula is C18H20N4O4S2. The van der Waals surface area contributed by atoms with Crippen molar-refractivity contribution >= 4 is 44.0 Å². The van der Waals surface area contributed by atoms with E-state index in [-0.39, 0.29) is 23.7 Å². The van der Waals surface area contributed by atoms with Crippen molar-refractivity contribution in [3.63, 3.8) is 0 Å². The van der Waals surface area contributed by atoms with Gasteiger partial charge in [-0.2, -0.15) is 0 Å². The molecule has 0 fully saturated rings. The summed E-state index contributed by atoms with van der Waals surface area (Å²) in [6.45, 7) is 0.238. The van der Waals surface area contributed by atoms with Crippen molar-refractivity contribution in [3.8, 4) is 0 Å². The first-order chi connectivity index (χ1) is 13.4. The Hall–Kier alpha value is -2.46. The number of hydrogen-bond donors (Lipinski definition) is 2. The summed E-state index contributed by atoms with van der Waals surface area (Å²) >= 11 is 1.38. The molecule has 4 rings (SSSR count). The smallest absolute Gasteiger partial charge is 0.260 e. The summed E-state index contributed by atoms with van der Waals surface area (Å²) in [6.07, 6.45) is 9.63. The Kier molecular flexibility index (Phi) is 4.84. The zero-order chi connectivity index (χ0) is 19.9. The Morgan fingerprint density at radius 3 is 2.79 bits per heavy atom. The molecule has 8 nitrogen and oxygen atoms in total. The van der Waals surface area contributed by atoms with Crippen LogP contribution in [-0.2, 0) is 27.7 Å². The minimum atomic E-state index is -3.60. The van der Waals surface area contributed by atoms with Gasteiger partial charge in [-0.15, -0.1) is 15.7 Å². The van der Waals surface area contributed by atoms with Crippen LogP contribution in [0.5, 0.6) is 0 Å². The van der Waals surface area contributed by atoms with Gasteiger partial charge in [-0.05, 0) is 43.4 Å². The number of carbonyl (C=O) groups is 2. The minimum Gasteiger partial charge on any atom is -0.365 e. The fraction of sp³-hybridized carbons (Fsp3) is 0.389. The second kappa shape index (κ2) is 7.17. The summed E-state index contributed by atoms with van der Waals surface area (Å²) in [5.74, 6) is -1.07. The lowest BCUT2D eigenvalue weighted by molar-refractivity contribution is -0.112. The molecule has 2 aliphatic heterocycles. The van der Waals surface area contributed by atoms with Crippen LogP contribution in [0, 0.1) is 0 Å². The van der Waals surface area contributed by atoms with E-state index >= 15 is 0 Å². The van der Waals surface area contributed by atoms with E-state index < -0.39 is 21.8 Å². The fourth-order valence-electron chi connectivity index (χ4n) is 3.66. The quantitative estimate of drug-likeness (QED) is 0.719. The zero-order valence-electron chi connectivity index (χ0n) is 15.1. The maximum atomic E-state index is 12.9. The molecule has 0 saturated heterocycles. The molecule has 0 unspecified atom stereocenters. The van der Waals surface area contributed by atoms with E-state index in [0.717, 1.165) is 42.5 Å². The average Bonchev–Trinajstić information content (AvgIpc) is 2.81. The third-order valence-corrected chi connectivity index (χ3v) is 7.35. The normalized spacial score (nSPS) is 20.4. The molecule has 0 bridgehead atoms. The summed E-state index contributed by atoms with van der Waals surface area (Å²) in [7, 11) is -3.60. The van der Waals surface area contributed by atoms with E-state index in [0.29, 0.717) is 10.6 Å². The minimum absolute atomic E-state index is 0.0980. The molecule has 0 spiro atoms. The second-order valence-corrected chi connectivity index (χ2v) is 9.76. The van der Waals surface area contributed by atoms with Crippen molar-refractivity contribution in [3.05, 3.63) is 39.9 Å². The van der Waals surface area contributed by atoms with Gasteiger partial charge < -0.3 is 16.0 Å². The number of nitrogens with one attached hydrogen (secondary N) is 1. The first kappa shape index (κ1) is 18.9. The molecule has 1 aromatic rings. The molecule has 0 aromatic carbocycles. The van der Waals surface area contributed by atoms with Crippen molar-refractivity contribution in [2.45, 2.75) is 32.1 Å². The lowest BCUT2D eigenvalue weighted by atomic mass is 10.0. The first-order valence-corrected chi connectivity index (χ1v) is 11.5. The van der Waals surface area contributed by atoms with Crippen LogP contribution < -0.4 is 11.1 Å². The number of rotatable bonds is 3. The number of amidine groups is 1. The number of nitrogens with two attached hydrogens (primary N) is 1. The molecule has 1 aliphatic carbocycles. The number of amides is 2. The number of carbonyl (C=O) groups excluding carboxylic acids is 2. The maximum Gasteiger partial charge on any atom is 0.260 e. The Balaban J connectivity index is 1.67. The van der Waals surface area contributed by atoms with Gasteiger partial charge in [-0.3, -0.25) is 9.59 Å². The van der Waals surface area contributed by atoms with Crippen LogP contribution in [0.3, 0.4) is 0 Å². The highest BCUT2D eigenvalue weighted by molar-refractivity contribution is 7.90. The van der Waals surface area contributed by atoms with Crippen LogP contribution in [0.4, 0.5) is 5.00 Å². The number of primary amides is 1. The van der Waals surface area contributed by atoms with Crippen molar-refractivity contribution in [2.75, 3.05) is 17.6 Å². The number of sulfonamides is 1. The van der Waals surface area contributed by atoms with Crippen LogP contribution in [0.25, 0.3) is 0 Å². The predicted molar refractivity (Wildman–Crippen MR) is 108 cm³/mol. The molecule has 0 atom stereocenters. The molecule has 10 heteroatoms. The molecule has 1 aromatic heterocycles. The van der Waals surface area contributed by atoms with Gasteiger partial charge in [0.25, 0.3) is 21.8 Å². The number of anilines is 1. The van der Waals surface area contributed by atoms with Crippen molar-refractivity contribution in [1.29, 1.82) is 0 Å². The highest BCUT2D eigenvalue weighted by Gasteiger charge is 2.31. The zero-order valence-corrected chi connectivity index (χ0v) is 16.7. The number of fused-ring (bicyclic) bond motifs is 2. The molecule has 0 radical (unpaired) electrons. The molecule has 148 valence electrons. The Labute approximate surface area is 166 Å². The Morgan fingerprint density at radius 2 is 2.00 bits per heavy atom. The number of hydrogen-bond acceptors (Lipinski definition) is 6. The van der Waals surface area contributed by atoms with Crippen molar-refractivity contribution < 1.29 is 18.0 Å². The maximum absolute atomic E-state index is 12.9. The van der Waals surface area contributed by atoms with Gasteiger partial charge in [0.15, 0.2) is 5.84 Å². The van der Waals surface area contributed by atoms with Crippen LogP contribution in [0.2, 0.25) is 0 Å². The van der Waals surface area contributed by atoms with E-state index in [2.05, 4.69) is 9.71 Å². The molecule has 3 heterocycles. The van der Waals surface area contributed by atoms with E-state index in [9.17, 15) is 18.0 Å². The highest BCUT2D eigenvalue weighted by atomic mass is 32.2. The van der Waals surface area contributed by atoms with E-state index in [4.69, 9.17) is 5.73 Å². The second-order valence-electron chi connectivity index (χ2n) is 6.90. The van der Waals surface area contributed by atoms with Gasteiger partial charge in [0.2, 0.25) is 0 Å². The van der Waals surface area contributed by atoms with Crippen LogP contribution in [0.1, 0.15) is 40.1 Å². The predicted octanol–water partition coefficient (Wildman–Crippen LogP) is 1.55. The molecule has 0 saturated carbocycles. The van der Waals surface area contributed by atoms with E-state index in [1.165, 1.54) is 17.4 Å². The van der Waals surface area contributed by atoms with Crippen LogP contribution in [-0.4, -0.2) is 43.3 Å². The lowest BCUT2D eigenvalue weighted by Crippen LogP contribution is -2.40. The monoisotopic (exact) mass is 420 g/mol. The summed E-state index contributed by atoms with van der Waals surface area (Å²) < 4.78 is 27.5. The summed E-state index contributed by atoms with van der Waals surface area (Å²) in [4.78, 5) is 27.7. The molecule has 28 heavy (non-hydrogen) atoms. The molecule has 3 N–H and O–H groups in total. The SMILES string of the molecule is NC(=O)c1c(NC(=O)C2=CC=CN3CCS(=O)(=O)N=C23)sc2c1CCCCC2. The summed E-state index contributed by atoms with van der Waals surface area (Å²) in [6, 6.07) is 0. The molecule has 3 aliphatic rings. The van der Waals surface area contributed by atoms with Gasteiger partial charge in [0.1, 0.15) is 5.00 Å². The Morgan fingerprint density at radius 1 is 1.21 bits per heavy atom. The number of thiophene rings is 1.